The van der Waals surface area contributed by atoms with E-state index in [0.717, 1.165) is 0 Å². The van der Waals surface area contributed by atoms with Gasteiger partial charge in [0.2, 0.25) is 0 Å². The minimum atomic E-state index is -0.0958. The Bertz CT molecular complexity index is 465. The van der Waals surface area contributed by atoms with Crippen LogP contribution in [-0.2, 0) is 0 Å². The number of aromatic amines is 1. The highest BCUT2D eigenvalue weighted by Crippen LogP contribution is 2.13. The summed E-state index contributed by atoms with van der Waals surface area (Å²) in [4.78, 5) is 11.7. The summed E-state index contributed by atoms with van der Waals surface area (Å²) >= 11 is 0. The van der Waals surface area contributed by atoms with Crippen LogP contribution in [0.5, 0.6) is 0 Å². The topological polar surface area (TPSA) is 57.8 Å². The molecule has 2 N–H and O–H groups in total. The maximum Gasteiger partial charge on any atom is 0.254 e. The molecular weight excluding hydrogens is 214 g/mol. The van der Waals surface area contributed by atoms with E-state index in [1.54, 1.807) is 6.20 Å². The van der Waals surface area contributed by atoms with Crippen molar-refractivity contribution < 1.29 is 4.79 Å². The van der Waals surface area contributed by atoms with E-state index in [-0.39, 0.29) is 5.91 Å². The minimum absolute atomic E-state index is 0.0958. The fraction of sp³-hybridized carbons (Fsp3) is 0.231. The number of rotatable bonds is 4. The Kier molecular flexibility index (Phi) is 3.55. The zero-order chi connectivity index (χ0) is 12.1. The molecule has 0 aliphatic heterocycles. The molecule has 2 rings (SSSR count). The lowest BCUT2D eigenvalue weighted by atomic mass is 10.0. The number of hydrogen-bond acceptors (Lipinski definition) is 2. The van der Waals surface area contributed by atoms with E-state index in [2.05, 4.69) is 34.6 Å². The Balaban J connectivity index is 1.89. The van der Waals surface area contributed by atoms with Gasteiger partial charge in [-0.2, -0.15) is 5.10 Å². The van der Waals surface area contributed by atoms with Gasteiger partial charge in [0.25, 0.3) is 5.91 Å². The highest BCUT2D eigenvalue weighted by Gasteiger charge is 2.09. The maximum atomic E-state index is 11.7. The molecule has 0 fully saturated rings. The smallest absolute Gasteiger partial charge is 0.254 e. The molecule has 1 amide bonds. The van der Waals surface area contributed by atoms with E-state index in [9.17, 15) is 4.79 Å². The van der Waals surface area contributed by atoms with E-state index >= 15 is 0 Å². The Morgan fingerprint density at radius 2 is 2.18 bits per heavy atom. The molecule has 0 aliphatic rings. The van der Waals surface area contributed by atoms with Crippen molar-refractivity contribution in [3.8, 4) is 0 Å². The Labute approximate surface area is 100 Å². The summed E-state index contributed by atoms with van der Waals surface area (Å²) in [6, 6.07) is 10.1. The van der Waals surface area contributed by atoms with Crippen LogP contribution in [0.25, 0.3) is 0 Å². The molecule has 0 bridgehead atoms. The third-order valence-electron chi connectivity index (χ3n) is 2.70. The molecule has 17 heavy (non-hydrogen) atoms. The summed E-state index contributed by atoms with van der Waals surface area (Å²) in [5.74, 6) is 0.202. The monoisotopic (exact) mass is 229 g/mol. The van der Waals surface area contributed by atoms with Crippen molar-refractivity contribution in [2.75, 3.05) is 6.54 Å². The third kappa shape index (κ3) is 2.93. The lowest BCUT2D eigenvalue weighted by Crippen LogP contribution is -2.27. The summed E-state index contributed by atoms with van der Waals surface area (Å²) in [5, 5.41) is 9.25. The van der Waals surface area contributed by atoms with Crippen molar-refractivity contribution in [2.45, 2.75) is 12.8 Å². The summed E-state index contributed by atoms with van der Waals surface area (Å²) in [5.41, 5.74) is 1.78. The van der Waals surface area contributed by atoms with Gasteiger partial charge in [-0.3, -0.25) is 9.89 Å². The normalized spacial score (nSPS) is 12.1. The molecule has 0 spiro atoms. The second-order valence-electron chi connectivity index (χ2n) is 4.01. The van der Waals surface area contributed by atoms with Gasteiger partial charge >= 0.3 is 0 Å². The number of nitrogens with one attached hydrogen (secondary N) is 2. The predicted molar refractivity (Wildman–Crippen MR) is 65.8 cm³/mol. The number of nitrogens with zero attached hydrogens (tertiary/aromatic N) is 1. The van der Waals surface area contributed by atoms with Crippen molar-refractivity contribution in [3.05, 3.63) is 53.9 Å². The standard InChI is InChI=1S/C13H15N3O/c1-10(11-5-3-2-4-6-11)7-14-13(17)12-8-15-16-9-12/h2-6,8-10H,7H2,1H3,(H,14,17)(H,15,16). The van der Waals surface area contributed by atoms with Gasteiger partial charge in [-0.1, -0.05) is 37.3 Å². The van der Waals surface area contributed by atoms with Crippen LogP contribution in [0.4, 0.5) is 0 Å². The number of aromatic nitrogens is 2. The Morgan fingerprint density at radius 3 is 2.82 bits per heavy atom. The lowest BCUT2D eigenvalue weighted by molar-refractivity contribution is 0.0951. The van der Waals surface area contributed by atoms with E-state index in [0.29, 0.717) is 18.0 Å². The first-order valence-corrected chi connectivity index (χ1v) is 5.59. The van der Waals surface area contributed by atoms with Crippen molar-refractivity contribution in [2.24, 2.45) is 0 Å². The van der Waals surface area contributed by atoms with E-state index in [4.69, 9.17) is 0 Å². The van der Waals surface area contributed by atoms with Crippen LogP contribution >= 0.6 is 0 Å². The molecule has 4 heteroatoms. The molecule has 2 aromatic rings. The second kappa shape index (κ2) is 5.30. The average molecular weight is 229 g/mol. The molecular formula is C13H15N3O. The lowest BCUT2D eigenvalue weighted by Gasteiger charge is -2.12. The zero-order valence-electron chi connectivity index (χ0n) is 9.68. The van der Waals surface area contributed by atoms with Crippen molar-refractivity contribution in [1.29, 1.82) is 0 Å². The minimum Gasteiger partial charge on any atom is -0.351 e. The zero-order valence-corrected chi connectivity index (χ0v) is 9.68. The number of H-pyrrole nitrogens is 1. The summed E-state index contributed by atoms with van der Waals surface area (Å²) < 4.78 is 0. The van der Waals surface area contributed by atoms with Crippen LogP contribution in [0.15, 0.2) is 42.7 Å². The van der Waals surface area contributed by atoms with Gasteiger partial charge in [0, 0.05) is 12.7 Å². The summed E-state index contributed by atoms with van der Waals surface area (Å²) in [6.45, 7) is 2.71. The van der Waals surface area contributed by atoms with Gasteiger partial charge in [-0.25, -0.2) is 0 Å². The quantitative estimate of drug-likeness (QED) is 0.841. The van der Waals surface area contributed by atoms with Crippen LogP contribution in [0, 0.1) is 0 Å². The second-order valence-corrected chi connectivity index (χ2v) is 4.01. The predicted octanol–water partition coefficient (Wildman–Crippen LogP) is 1.94. The van der Waals surface area contributed by atoms with E-state index in [1.165, 1.54) is 11.8 Å². The first-order chi connectivity index (χ1) is 8.27. The van der Waals surface area contributed by atoms with E-state index < -0.39 is 0 Å². The van der Waals surface area contributed by atoms with Gasteiger partial charge < -0.3 is 5.32 Å². The van der Waals surface area contributed by atoms with Gasteiger partial charge in [-0.05, 0) is 11.5 Å². The van der Waals surface area contributed by atoms with Crippen LogP contribution in [0.1, 0.15) is 28.8 Å². The SMILES string of the molecule is CC(CNC(=O)c1cn[nH]c1)c1ccccc1. The molecule has 1 heterocycles. The molecule has 1 aromatic heterocycles. The number of amides is 1. The van der Waals surface area contributed by atoms with Crippen molar-refractivity contribution in [3.63, 3.8) is 0 Å². The van der Waals surface area contributed by atoms with Crippen LogP contribution in [0.2, 0.25) is 0 Å². The molecule has 4 nitrogen and oxygen atoms in total. The van der Waals surface area contributed by atoms with E-state index in [1.807, 2.05) is 18.2 Å². The van der Waals surface area contributed by atoms with Gasteiger partial charge in [0.05, 0.1) is 11.8 Å². The van der Waals surface area contributed by atoms with Crippen molar-refractivity contribution in [1.82, 2.24) is 15.5 Å². The average Bonchev–Trinajstić information content (AvgIpc) is 2.90. The molecule has 1 unspecified atom stereocenters. The fourth-order valence-corrected chi connectivity index (χ4v) is 1.62. The summed E-state index contributed by atoms with van der Waals surface area (Å²) in [7, 11) is 0. The first kappa shape index (κ1) is 11.4. The fourth-order valence-electron chi connectivity index (χ4n) is 1.62. The first-order valence-electron chi connectivity index (χ1n) is 5.59. The largest absolute Gasteiger partial charge is 0.351 e. The number of hydrogen-bond donors (Lipinski definition) is 2. The molecule has 0 radical (unpaired) electrons. The summed E-state index contributed by atoms with van der Waals surface area (Å²) in [6.07, 6.45) is 3.10. The van der Waals surface area contributed by atoms with Crippen LogP contribution in [0.3, 0.4) is 0 Å². The third-order valence-corrected chi connectivity index (χ3v) is 2.70. The molecule has 1 aromatic carbocycles. The molecule has 0 saturated carbocycles. The number of benzene rings is 1. The van der Waals surface area contributed by atoms with Gasteiger partial charge in [0.1, 0.15) is 0 Å². The molecule has 88 valence electrons. The van der Waals surface area contributed by atoms with Crippen LogP contribution in [-0.4, -0.2) is 22.6 Å². The highest BCUT2D eigenvalue weighted by atomic mass is 16.1. The Morgan fingerprint density at radius 1 is 1.41 bits per heavy atom. The highest BCUT2D eigenvalue weighted by molar-refractivity contribution is 5.93. The molecule has 0 saturated heterocycles. The number of carbonyl (C=O) groups is 1. The molecule has 0 aliphatic carbocycles. The Hall–Kier alpha value is -2.10. The number of carbonyl (C=O) groups excluding carboxylic acids is 1. The van der Waals surface area contributed by atoms with Gasteiger partial charge in [0.15, 0.2) is 0 Å². The maximum absolute atomic E-state index is 11.7. The van der Waals surface area contributed by atoms with Gasteiger partial charge in [-0.15, -0.1) is 0 Å². The van der Waals surface area contributed by atoms with Crippen molar-refractivity contribution >= 4 is 5.91 Å². The van der Waals surface area contributed by atoms with Crippen LogP contribution < -0.4 is 5.32 Å². The molecule has 1 atom stereocenters.